The lowest BCUT2D eigenvalue weighted by molar-refractivity contribution is -0.139. The average molecular weight is 546 g/mol. The van der Waals surface area contributed by atoms with E-state index in [9.17, 15) is 22.8 Å². The van der Waals surface area contributed by atoms with Gasteiger partial charge >= 0.3 is 6.18 Å². The van der Waals surface area contributed by atoms with E-state index in [4.69, 9.17) is 0 Å². The molecule has 0 saturated heterocycles. The Balaban J connectivity index is 1.33. The highest BCUT2D eigenvalue weighted by Gasteiger charge is 2.34. The molecule has 0 bridgehead atoms. The Hall–Kier alpha value is -4.33. The highest BCUT2D eigenvalue weighted by Crippen LogP contribution is 2.30. The number of hydrogen-bond acceptors (Lipinski definition) is 2. The second-order valence-corrected chi connectivity index (χ2v) is 10.1. The third-order valence-electron chi connectivity index (χ3n) is 7.13. The number of aromatic amines is 1. The van der Waals surface area contributed by atoms with Crippen LogP contribution in [0.2, 0.25) is 0 Å². The molecule has 206 valence electrons. The number of hydrogen-bond donors (Lipinski definition) is 1. The first-order valence-corrected chi connectivity index (χ1v) is 13.3. The van der Waals surface area contributed by atoms with Crippen molar-refractivity contribution in [3.8, 4) is 0 Å². The Morgan fingerprint density at radius 3 is 2.33 bits per heavy atom. The standard InChI is InChI=1S/C32H30F3N3O2/c33-32(34,35)26-13-10-24(11-14-26)21-37(19-18-25-20-36-29-9-5-4-8-28(25)29)31(40)22-38(27-15-16-27)30(39)17-12-23-6-2-1-3-7-23/h1-14,17,20,27,36H,15-16,18-19,21-22H2/b17-12+. The smallest absolute Gasteiger partial charge is 0.361 e. The summed E-state index contributed by atoms with van der Waals surface area (Å²) in [6, 6.07) is 22.2. The molecule has 0 atom stereocenters. The molecule has 1 fully saturated rings. The van der Waals surface area contributed by atoms with Gasteiger partial charge < -0.3 is 14.8 Å². The van der Waals surface area contributed by atoms with E-state index in [2.05, 4.69) is 4.98 Å². The van der Waals surface area contributed by atoms with Gasteiger partial charge in [-0.15, -0.1) is 0 Å². The number of benzene rings is 3. The lowest BCUT2D eigenvalue weighted by Gasteiger charge is -2.27. The zero-order chi connectivity index (χ0) is 28.1. The third-order valence-corrected chi connectivity index (χ3v) is 7.13. The van der Waals surface area contributed by atoms with Crippen molar-refractivity contribution in [2.24, 2.45) is 0 Å². The number of halogens is 3. The molecule has 4 aromatic rings. The summed E-state index contributed by atoms with van der Waals surface area (Å²) >= 11 is 0. The summed E-state index contributed by atoms with van der Waals surface area (Å²) in [7, 11) is 0. The number of H-pyrrole nitrogens is 1. The van der Waals surface area contributed by atoms with Crippen LogP contribution in [-0.4, -0.2) is 45.7 Å². The van der Waals surface area contributed by atoms with E-state index >= 15 is 0 Å². The summed E-state index contributed by atoms with van der Waals surface area (Å²) in [6.45, 7) is 0.414. The number of aromatic nitrogens is 1. The van der Waals surface area contributed by atoms with Crippen molar-refractivity contribution in [3.63, 3.8) is 0 Å². The molecule has 1 heterocycles. The number of rotatable bonds is 10. The van der Waals surface area contributed by atoms with Gasteiger partial charge in [0, 0.05) is 42.3 Å². The van der Waals surface area contributed by atoms with Crippen LogP contribution in [0.15, 0.2) is 91.1 Å². The molecule has 0 spiro atoms. The van der Waals surface area contributed by atoms with Crippen LogP contribution in [0.3, 0.4) is 0 Å². The Kier molecular flexibility index (Phi) is 8.05. The number of carbonyl (C=O) groups excluding carboxylic acids is 2. The molecule has 1 saturated carbocycles. The van der Waals surface area contributed by atoms with Crippen molar-refractivity contribution >= 4 is 28.8 Å². The first-order chi connectivity index (χ1) is 19.3. The number of amides is 2. The second kappa shape index (κ2) is 11.8. The van der Waals surface area contributed by atoms with Crippen molar-refractivity contribution in [2.75, 3.05) is 13.1 Å². The monoisotopic (exact) mass is 545 g/mol. The summed E-state index contributed by atoms with van der Waals surface area (Å²) in [4.78, 5) is 33.2. The maximum absolute atomic E-state index is 13.6. The second-order valence-electron chi connectivity index (χ2n) is 10.1. The largest absolute Gasteiger partial charge is 0.416 e. The fraction of sp³-hybridized carbons (Fsp3) is 0.250. The molecule has 0 aliphatic heterocycles. The van der Waals surface area contributed by atoms with Crippen LogP contribution in [-0.2, 0) is 28.7 Å². The maximum atomic E-state index is 13.6. The van der Waals surface area contributed by atoms with Gasteiger partial charge in [0.25, 0.3) is 0 Å². The number of nitrogens with one attached hydrogen (secondary N) is 1. The SMILES string of the molecule is O=C(CN(C(=O)/C=C/c1ccccc1)C1CC1)N(CCc1c[nH]c2ccccc12)Cc1ccc(C(F)(F)F)cc1. The van der Waals surface area contributed by atoms with Gasteiger partial charge in [0.1, 0.15) is 6.54 Å². The first kappa shape index (κ1) is 27.2. The average Bonchev–Trinajstić information content (AvgIpc) is 3.72. The van der Waals surface area contributed by atoms with E-state index in [0.29, 0.717) is 18.5 Å². The van der Waals surface area contributed by atoms with Crippen LogP contribution < -0.4 is 0 Å². The van der Waals surface area contributed by atoms with E-state index in [1.807, 2.05) is 60.8 Å². The van der Waals surface area contributed by atoms with Crippen LogP contribution in [0, 0.1) is 0 Å². The molecule has 5 rings (SSSR count). The maximum Gasteiger partial charge on any atom is 0.416 e. The molecule has 0 unspecified atom stereocenters. The van der Waals surface area contributed by atoms with Crippen molar-refractivity contribution < 1.29 is 22.8 Å². The summed E-state index contributed by atoms with van der Waals surface area (Å²) < 4.78 is 39.2. The molecule has 0 radical (unpaired) electrons. The van der Waals surface area contributed by atoms with Gasteiger partial charge in [-0.25, -0.2) is 0 Å². The summed E-state index contributed by atoms with van der Waals surface area (Å²) in [6.07, 6.45) is 2.95. The number of alkyl halides is 3. The van der Waals surface area contributed by atoms with Crippen LogP contribution in [0.25, 0.3) is 17.0 Å². The molecule has 1 aromatic heterocycles. The summed E-state index contributed by atoms with van der Waals surface area (Å²) in [5, 5.41) is 1.06. The van der Waals surface area contributed by atoms with Crippen LogP contribution in [0.5, 0.6) is 0 Å². The van der Waals surface area contributed by atoms with Crippen molar-refractivity contribution in [1.82, 2.24) is 14.8 Å². The fourth-order valence-corrected chi connectivity index (χ4v) is 4.75. The molecule has 3 aromatic carbocycles. The molecule has 8 heteroatoms. The lowest BCUT2D eigenvalue weighted by Crippen LogP contribution is -2.43. The lowest BCUT2D eigenvalue weighted by atomic mass is 10.1. The van der Waals surface area contributed by atoms with Gasteiger partial charge in [0.05, 0.1) is 5.56 Å². The predicted molar refractivity (Wildman–Crippen MR) is 149 cm³/mol. The zero-order valence-corrected chi connectivity index (χ0v) is 21.9. The van der Waals surface area contributed by atoms with Crippen molar-refractivity contribution in [2.45, 2.75) is 38.0 Å². The highest BCUT2D eigenvalue weighted by atomic mass is 19.4. The molecular weight excluding hydrogens is 515 g/mol. The highest BCUT2D eigenvalue weighted by molar-refractivity contribution is 5.95. The van der Waals surface area contributed by atoms with E-state index in [1.165, 1.54) is 18.2 Å². The van der Waals surface area contributed by atoms with Gasteiger partial charge in [-0.3, -0.25) is 9.59 Å². The zero-order valence-electron chi connectivity index (χ0n) is 21.9. The van der Waals surface area contributed by atoms with Crippen LogP contribution >= 0.6 is 0 Å². The molecule has 40 heavy (non-hydrogen) atoms. The Morgan fingerprint density at radius 1 is 0.925 bits per heavy atom. The Labute approximate surface area is 230 Å². The van der Waals surface area contributed by atoms with Gasteiger partial charge in [-0.2, -0.15) is 13.2 Å². The molecule has 1 aliphatic carbocycles. The molecule has 1 N–H and O–H groups in total. The minimum atomic E-state index is -4.43. The summed E-state index contributed by atoms with van der Waals surface area (Å²) in [5.41, 5.74) is 2.79. The van der Waals surface area contributed by atoms with E-state index < -0.39 is 11.7 Å². The van der Waals surface area contributed by atoms with E-state index in [1.54, 1.807) is 15.9 Å². The molecule has 1 aliphatic rings. The minimum absolute atomic E-state index is 0.0124. The van der Waals surface area contributed by atoms with Crippen LogP contribution in [0.4, 0.5) is 13.2 Å². The molecule has 5 nitrogen and oxygen atoms in total. The Bertz CT molecular complexity index is 1490. The van der Waals surface area contributed by atoms with E-state index in [-0.39, 0.29) is 30.9 Å². The Morgan fingerprint density at radius 2 is 1.62 bits per heavy atom. The van der Waals surface area contributed by atoms with Gasteiger partial charge in [-0.1, -0.05) is 60.7 Å². The minimum Gasteiger partial charge on any atom is -0.361 e. The molecular formula is C32H30F3N3O2. The quantitative estimate of drug-likeness (QED) is 0.233. The topological polar surface area (TPSA) is 56.4 Å². The first-order valence-electron chi connectivity index (χ1n) is 13.3. The van der Waals surface area contributed by atoms with Gasteiger partial charge in [0.15, 0.2) is 0 Å². The predicted octanol–water partition coefficient (Wildman–Crippen LogP) is 6.46. The van der Waals surface area contributed by atoms with Crippen molar-refractivity contribution in [3.05, 3.63) is 113 Å². The molecule has 2 amide bonds. The number of nitrogens with zero attached hydrogens (tertiary/aromatic N) is 2. The third kappa shape index (κ3) is 6.81. The van der Waals surface area contributed by atoms with Crippen molar-refractivity contribution in [1.29, 1.82) is 0 Å². The van der Waals surface area contributed by atoms with Gasteiger partial charge in [0.2, 0.25) is 11.8 Å². The number of carbonyl (C=O) groups is 2. The van der Waals surface area contributed by atoms with Crippen LogP contribution in [0.1, 0.15) is 35.1 Å². The fourth-order valence-electron chi connectivity index (χ4n) is 4.75. The van der Waals surface area contributed by atoms with E-state index in [0.717, 1.165) is 47.0 Å². The summed E-state index contributed by atoms with van der Waals surface area (Å²) in [5.74, 6) is -0.473. The number of fused-ring (bicyclic) bond motifs is 1. The number of para-hydroxylation sites is 1. The normalized spacial score (nSPS) is 13.6. The van der Waals surface area contributed by atoms with Gasteiger partial charge in [-0.05, 0) is 60.2 Å².